The van der Waals surface area contributed by atoms with Gasteiger partial charge in [-0.25, -0.2) is 19.2 Å². The van der Waals surface area contributed by atoms with E-state index in [4.69, 9.17) is 19.6 Å². The summed E-state index contributed by atoms with van der Waals surface area (Å²) in [5, 5.41) is 9.01. The second-order valence-corrected chi connectivity index (χ2v) is 10.3. The van der Waals surface area contributed by atoms with Gasteiger partial charge in [0.2, 0.25) is 5.90 Å². The van der Waals surface area contributed by atoms with E-state index < -0.39 is 29.2 Å². The molecule has 5 rings (SSSR count). The number of carbonyl (C=O) groups excluding carboxylic acids is 1. The lowest BCUT2D eigenvalue weighted by Crippen LogP contribution is -2.52. The predicted molar refractivity (Wildman–Crippen MR) is 165 cm³/mol. The van der Waals surface area contributed by atoms with Crippen LogP contribution in [0.3, 0.4) is 0 Å². The number of hydrogen-bond donors (Lipinski definition) is 3. The number of ether oxygens (including phenoxy) is 2. The van der Waals surface area contributed by atoms with E-state index >= 15 is 0 Å². The van der Waals surface area contributed by atoms with Gasteiger partial charge < -0.3 is 14.6 Å². The maximum Gasteiger partial charge on any atom is 0.266 e. The Morgan fingerprint density at radius 2 is 1.68 bits per heavy atom. The van der Waals surface area contributed by atoms with Crippen molar-refractivity contribution in [1.82, 2.24) is 10.9 Å². The van der Waals surface area contributed by atoms with Gasteiger partial charge in [0, 0.05) is 37.1 Å². The number of aliphatic hydroxyl groups is 1. The fourth-order valence-corrected chi connectivity index (χ4v) is 5.02. The average molecular weight is 598 g/mol. The van der Waals surface area contributed by atoms with Crippen LogP contribution in [0.25, 0.3) is 11.1 Å². The van der Waals surface area contributed by atoms with Gasteiger partial charge in [0.1, 0.15) is 17.4 Å². The Hall–Kier alpha value is -4.86. The second kappa shape index (κ2) is 14.1. The van der Waals surface area contributed by atoms with Crippen LogP contribution >= 0.6 is 0 Å². The van der Waals surface area contributed by atoms with Crippen molar-refractivity contribution in [2.45, 2.75) is 31.0 Å². The van der Waals surface area contributed by atoms with Crippen molar-refractivity contribution in [3.05, 3.63) is 138 Å². The Kier molecular flexibility index (Phi) is 9.79. The van der Waals surface area contributed by atoms with Gasteiger partial charge in [-0.2, -0.15) is 0 Å². The van der Waals surface area contributed by atoms with Gasteiger partial charge in [-0.1, -0.05) is 60.7 Å². The summed E-state index contributed by atoms with van der Waals surface area (Å²) >= 11 is 0. The molecule has 1 aliphatic heterocycles. The summed E-state index contributed by atoms with van der Waals surface area (Å²) in [7, 11) is 0. The molecule has 1 heterocycles. The van der Waals surface area contributed by atoms with Crippen LogP contribution in [0.4, 0.5) is 8.78 Å². The van der Waals surface area contributed by atoms with Crippen LogP contribution in [0.15, 0.2) is 115 Å². The van der Waals surface area contributed by atoms with Gasteiger partial charge in [0.15, 0.2) is 11.6 Å². The fourth-order valence-electron chi connectivity index (χ4n) is 5.02. The standard InChI is InChI=1S/C35H33F2N3O4/c1-2-19-35(34(42)40-38-23-28-22-29(36)15-18-31(28)37)32(26-11-9-25(10-12-26)24-7-4-3-5-8-24)44-33(39-35)27-13-16-30(17-14-27)43-21-6-20-41/h2-5,7-18,22,32,38,41H,1,6,19-21,23H2,(H,40,42)/t32-,35-/m0/s1. The molecule has 0 aliphatic carbocycles. The Balaban J connectivity index is 1.44. The third-order valence-electron chi connectivity index (χ3n) is 7.29. The Morgan fingerprint density at radius 3 is 2.39 bits per heavy atom. The lowest BCUT2D eigenvalue weighted by atomic mass is 9.84. The van der Waals surface area contributed by atoms with E-state index in [1.807, 2.05) is 54.6 Å². The van der Waals surface area contributed by atoms with Crippen LogP contribution < -0.4 is 15.6 Å². The number of hydrogen-bond acceptors (Lipinski definition) is 6. The Bertz CT molecular complexity index is 1610. The smallest absolute Gasteiger partial charge is 0.266 e. The minimum absolute atomic E-state index is 0.0376. The number of hydrazine groups is 1. The van der Waals surface area contributed by atoms with Crippen molar-refractivity contribution < 1.29 is 28.2 Å². The molecule has 4 aromatic rings. The van der Waals surface area contributed by atoms with Crippen molar-refractivity contribution >= 4 is 11.8 Å². The summed E-state index contributed by atoms with van der Waals surface area (Å²) in [4.78, 5) is 18.8. The highest BCUT2D eigenvalue weighted by molar-refractivity contribution is 6.01. The normalized spacial score (nSPS) is 17.4. The van der Waals surface area contributed by atoms with Crippen LogP contribution in [-0.2, 0) is 16.1 Å². The van der Waals surface area contributed by atoms with E-state index in [1.54, 1.807) is 30.3 Å². The summed E-state index contributed by atoms with van der Waals surface area (Å²) in [5.74, 6) is -0.821. The summed E-state index contributed by atoms with van der Waals surface area (Å²) in [6.45, 7) is 4.15. The number of nitrogens with one attached hydrogen (secondary N) is 2. The average Bonchev–Trinajstić information content (AvgIpc) is 3.44. The van der Waals surface area contributed by atoms with Gasteiger partial charge in [-0.3, -0.25) is 10.2 Å². The molecule has 3 N–H and O–H groups in total. The van der Waals surface area contributed by atoms with Crippen LogP contribution in [0.1, 0.15) is 35.6 Å². The Morgan fingerprint density at radius 1 is 0.977 bits per heavy atom. The number of halogens is 2. The molecule has 7 nitrogen and oxygen atoms in total. The Labute approximate surface area is 254 Å². The molecule has 0 saturated carbocycles. The molecule has 226 valence electrons. The first-order valence-electron chi connectivity index (χ1n) is 14.3. The lowest BCUT2D eigenvalue weighted by Gasteiger charge is -2.29. The van der Waals surface area contributed by atoms with E-state index in [9.17, 15) is 13.6 Å². The van der Waals surface area contributed by atoms with Crippen LogP contribution in [0, 0.1) is 11.6 Å². The van der Waals surface area contributed by atoms with Gasteiger partial charge >= 0.3 is 0 Å². The van der Waals surface area contributed by atoms with Crippen LogP contribution in [0.2, 0.25) is 0 Å². The summed E-state index contributed by atoms with van der Waals surface area (Å²) in [6, 6.07) is 27.9. The van der Waals surface area contributed by atoms with Crippen molar-refractivity contribution in [3.8, 4) is 16.9 Å². The first-order chi connectivity index (χ1) is 21.4. The van der Waals surface area contributed by atoms with Crippen LogP contribution in [-0.4, -0.2) is 35.7 Å². The third-order valence-corrected chi connectivity index (χ3v) is 7.29. The molecule has 44 heavy (non-hydrogen) atoms. The molecule has 0 unspecified atom stereocenters. The maximum atomic E-state index is 14.2. The highest BCUT2D eigenvalue weighted by atomic mass is 19.1. The summed E-state index contributed by atoms with van der Waals surface area (Å²) in [5.41, 5.74) is 7.37. The molecular formula is C35H33F2N3O4. The second-order valence-electron chi connectivity index (χ2n) is 10.3. The first kappa shape index (κ1) is 30.6. The zero-order chi connectivity index (χ0) is 30.9. The van der Waals surface area contributed by atoms with E-state index in [-0.39, 0.29) is 31.0 Å². The van der Waals surface area contributed by atoms with Crippen molar-refractivity contribution in [1.29, 1.82) is 0 Å². The largest absolute Gasteiger partial charge is 0.494 e. The first-order valence-corrected chi connectivity index (χ1v) is 14.3. The maximum absolute atomic E-state index is 14.2. The van der Waals surface area contributed by atoms with Crippen LogP contribution in [0.5, 0.6) is 5.75 Å². The molecular weight excluding hydrogens is 564 g/mol. The van der Waals surface area contributed by atoms with Crippen molar-refractivity contribution in [2.75, 3.05) is 13.2 Å². The number of aliphatic imine (C=N–C) groups is 1. The molecule has 0 radical (unpaired) electrons. The summed E-state index contributed by atoms with van der Waals surface area (Å²) < 4.78 is 39.9. The molecule has 0 spiro atoms. The minimum atomic E-state index is -1.46. The van der Waals surface area contributed by atoms with Crippen molar-refractivity contribution in [3.63, 3.8) is 0 Å². The molecule has 1 amide bonds. The number of amides is 1. The molecule has 0 saturated heterocycles. The molecule has 2 atom stereocenters. The zero-order valence-corrected chi connectivity index (χ0v) is 24.0. The van der Waals surface area contributed by atoms with Gasteiger partial charge in [-0.05, 0) is 59.2 Å². The quantitative estimate of drug-likeness (QED) is 0.0992. The molecule has 1 aliphatic rings. The topological polar surface area (TPSA) is 92.2 Å². The zero-order valence-electron chi connectivity index (χ0n) is 24.0. The fraction of sp³-hybridized carbons (Fsp3) is 0.200. The monoisotopic (exact) mass is 597 g/mol. The van der Waals surface area contributed by atoms with E-state index in [0.29, 0.717) is 24.3 Å². The number of rotatable bonds is 13. The number of aliphatic hydroxyl groups excluding tert-OH is 1. The van der Waals surface area contributed by atoms with E-state index in [1.165, 1.54) is 0 Å². The lowest BCUT2D eigenvalue weighted by molar-refractivity contribution is -0.129. The summed E-state index contributed by atoms with van der Waals surface area (Å²) in [6.07, 6.45) is 1.42. The number of nitrogens with zero attached hydrogens (tertiary/aromatic N) is 1. The van der Waals surface area contributed by atoms with Gasteiger partial charge in [0.25, 0.3) is 5.91 Å². The highest BCUT2D eigenvalue weighted by Crippen LogP contribution is 2.43. The van der Waals surface area contributed by atoms with E-state index in [2.05, 4.69) is 17.4 Å². The minimum Gasteiger partial charge on any atom is -0.494 e. The number of carbonyl (C=O) groups is 1. The number of benzene rings is 4. The SMILES string of the molecule is C=CC[C@]1(C(=O)NNCc2cc(F)ccc2F)N=C(c2ccc(OCCCO)cc2)O[C@H]1c1ccc(-c2ccccc2)cc1. The predicted octanol–water partition coefficient (Wildman–Crippen LogP) is 6.05. The van der Waals surface area contributed by atoms with Gasteiger partial charge in [0.05, 0.1) is 6.61 Å². The molecule has 4 aromatic carbocycles. The molecule has 0 bridgehead atoms. The van der Waals surface area contributed by atoms with Gasteiger partial charge in [-0.15, -0.1) is 6.58 Å². The molecule has 0 fully saturated rings. The molecule has 0 aromatic heterocycles. The highest BCUT2D eigenvalue weighted by Gasteiger charge is 2.52. The van der Waals surface area contributed by atoms with Crippen molar-refractivity contribution in [2.24, 2.45) is 4.99 Å². The van der Waals surface area contributed by atoms with E-state index in [0.717, 1.165) is 34.9 Å². The molecule has 9 heteroatoms. The third kappa shape index (κ3) is 6.85.